The minimum absolute atomic E-state index is 0.0856. The average Bonchev–Trinajstić information content (AvgIpc) is 2.56. The molecule has 0 radical (unpaired) electrons. The molecule has 2 aromatic rings. The molecule has 0 saturated carbocycles. The van der Waals surface area contributed by atoms with Gasteiger partial charge in [-0.15, -0.1) is 0 Å². The van der Waals surface area contributed by atoms with Crippen molar-refractivity contribution >= 4 is 5.91 Å². The van der Waals surface area contributed by atoms with Crippen molar-refractivity contribution in [3.63, 3.8) is 0 Å². The van der Waals surface area contributed by atoms with Crippen molar-refractivity contribution in [3.05, 3.63) is 56.9 Å². The topological polar surface area (TPSA) is 102 Å². The maximum Gasteiger partial charge on any atom is 0.387 e. The van der Waals surface area contributed by atoms with Gasteiger partial charge in [0, 0.05) is 18.8 Å². The van der Waals surface area contributed by atoms with Crippen LogP contribution in [0.4, 0.5) is 8.78 Å². The normalized spacial score (nSPS) is 10.6. The first-order valence-corrected chi connectivity index (χ1v) is 7.07. The second-order valence-electron chi connectivity index (χ2n) is 4.88. The largest absolute Gasteiger partial charge is 0.493 e. The zero-order valence-electron chi connectivity index (χ0n) is 13.1. The Balaban J connectivity index is 1.99. The Bertz CT molecular complexity index is 863. The molecule has 10 heteroatoms. The quantitative estimate of drug-likeness (QED) is 0.751. The average molecular weight is 355 g/mol. The summed E-state index contributed by atoms with van der Waals surface area (Å²) in [4.78, 5) is 36.4. The zero-order valence-corrected chi connectivity index (χ0v) is 13.1. The van der Waals surface area contributed by atoms with Crippen LogP contribution in [-0.4, -0.2) is 29.2 Å². The fourth-order valence-electron chi connectivity index (χ4n) is 2.00. The number of rotatable bonds is 7. The molecule has 1 heterocycles. The van der Waals surface area contributed by atoms with Crippen LogP contribution in [0.1, 0.15) is 5.56 Å². The van der Waals surface area contributed by atoms with Gasteiger partial charge in [0.1, 0.15) is 6.54 Å². The molecule has 2 N–H and O–H groups in total. The number of alkyl halides is 2. The van der Waals surface area contributed by atoms with Crippen LogP contribution in [0.25, 0.3) is 0 Å². The molecule has 0 spiro atoms. The SMILES string of the molecule is COc1cc(CNC(=O)Cn2ccc(=O)[nH]c2=O)ccc1OC(F)F. The van der Waals surface area contributed by atoms with Crippen molar-refractivity contribution in [1.29, 1.82) is 0 Å². The minimum Gasteiger partial charge on any atom is -0.493 e. The van der Waals surface area contributed by atoms with Crippen molar-refractivity contribution in [3.8, 4) is 11.5 Å². The molecule has 1 amide bonds. The molecule has 25 heavy (non-hydrogen) atoms. The molecule has 0 aliphatic rings. The zero-order chi connectivity index (χ0) is 18.4. The lowest BCUT2D eigenvalue weighted by atomic mass is 10.2. The fraction of sp³-hybridized carbons (Fsp3) is 0.267. The molecule has 0 atom stereocenters. The third-order valence-corrected chi connectivity index (χ3v) is 3.14. The Morgan fingerprint density at radius 3 is 2.68 bits per heavy atom. The van der Waals surface area contributed by atoms with Crippen molar-refractivity contribution in [2.24, 2.45) is 0 Å². The third-order valence-electron chi connectivity index (χ3n) is 3.14. The molecule has 8 nitrogen and oxygen atoms in total. The summed E-state index contributed by atoms with van der Waals surface area (Å²) in [5.41, 5.74) is -0.668. The van der Waals surface area contributed by atoms with Crippen LogP contribution in [0.5, 0.6) is 11.5 Å². The molecular formula is C15H15F2N3O5. The number of aromatic amines is 1. The van der Waals surface area contributed by atoms with E-state index in [0.29, 0.717) is 5.56 Å². The summed E-state index contributed by atoms with van der Waals surface area (Å²) in [5.74, 6) is -0.489. The Morgan fingerprint density at radius 2 is 2.04 bits per heavy atom. The number of amides is 1. The standard InChI is InChI=1S/C15H15F2N3O5/c1-24-11-6-9(2-3-10(11)25-14(16)17)7-18-13(22)8-20-5-4-12(21)19-15(20)23/h2-6,14H,7-8H2,1H3,(H,18,22)(H,19,21,23). The predicted octanol–water partition coefficient (Wildman–Crippen LogP) is 0.463. The summed E-state index contributed by atoms with van der Waals surface area (Å²) in [6.07, 6.45) is 1.21. The number of methoxy groups -OCH3 is 1. The predicted molar refractivity (Wildman–Crippen MR) is 82.8 cm³/mol. The first kappa shape index (κ1) is 18.2. The van der Waals surface area contributed by atoms with E-state index in [2.05, 4.69) is 10.1 Å². The maximum absolute atomic E-state index is 12.3. The van der Waals surface area contributed by atoms with Gasteiger partial charge in [0.05, 0.1) is 7.11 Å². The fourth-order valence-corrected chi connectivity index (χ4v) is 2.00. The van der Waals surface area contributed by atoms with E-state index in [4.69, 9.17) is 4.74 Å². The number of carbonyl (C=O) groups is 1. The maximum atomic E-state index is 12.3. The number of benzene rings is 1. The summed E-state index contributed by atoms with van der Waals surface area (Å²) >= 11 is 0. The van der Waals surface area contributed by atoms with Gasteiger partial charge in [0.2, 0.25) is 5.91 Å². The molecular weight excluding hydrogens is 340 g/mol. The van der Waals surface area contributed by atoms with Gasteiger partial charge in [-0.05, 0) is 17.7 Å². The van der Waals surface area contributed by atoms with E-state index in [1.807, 2.05) is 4.98 Å². The molecule has 0 unspecified atom stereocenters. The molecule has 0 fully saturated rings. The van der Waals surface area contributed by atoms with Gasteiger partial charge in [-0.3, -0.25) is 19.1 Å². The van der Waals surface area contributed by atoms with Gasteiger partial charge in [-0.1, -0.05) is 6.07 Å². The van der Waals surface area contributed by atoms with Crippen LogP contribution >= 0.6 is 0 Å². The van der Waals surface area contributed by atoms with Crippen LogP contribution in [0.3, 0.4) is 0 Å². The minimum atomic E-state index is -2.98. The number of nitrogens with zero attached hydrogens (tertiary/aromatic N) is 1. The summed E-state index contributed by atoms with van der Waals surface area (Å²) in [6.45, 7) is -3.17. The number of H-pyrrole nitrogens is 1. The van der Waals surface area contributed by atoms with E-state index in [1.54, 1.807) is 0 Å². The van der Waals surface area contributed by atoms with Crippen LogP contribution in [-0.2, 0) is 17.9 Å². The van der Waals surface area contributed by atoms with Crippen molar-refractivity contribution in [2.75, 3.05) is 7.11 Å². The highest BCUT2D eigenvalue weighted by Gasteiger charge is 2.11. The van der Waals surface area contributed by atoms with E-state index in [0.717, 1.165) is 10.6 Å². The van der Waals surface area contributed by atoms with E-state index in [1.165, 1.54) is 31.5 Å². The summed E-state index contributed by atoms with van der Waals surface area (Å²) < 4.78 is 34.9. The second kappa shape index (κ2) is 8.08. The van der Waals surface area contributed by atoms with Crippen LogP contribution in [0.2, 0.25) is 0 Å². The van der Waals surface area contributed by atoms with Gasteiger partial charge in [0.15, 0.2) is 11.5 Å². The molecule has 134 valence electrons. The molecule has 1 aromatic carbocycles. The Hall–Kier alpha value is -3.17. The number of carbonyl (C=O) groups excluding carboxylic acids is 1. The van der Waals surface area contributed by atoms with Crippen molar-refractivity contribution in [1.82, 2.24) is 14.9 Å². The molecule has 1 aromatic heterocycles. The molecule has 0 aliphatic carbocycles. The van der Waals surface area contributed by atoms with E-state index < -0.39 is 23.8 Å². The van der Waals surface area contributed by atoms with E-state index >= 15 is 0 Å². The van der Waals surface area contributed by atoms with Crippen molar-refractivity contribution in [2.45, 2.75) is 19.7 Å². The Labute approximate surface area is 140 Å². The molecule has 0 bridgehead atoms. The van der Waals surface area contributed by atoms with E-state index in [9.17, 15) is 23.2 Å². The van der Waals surface area contributed by atoms with Crippen LogP contribution < -0.4 is 26.0 Å². The number of ether oxygens (including phenoxy) is 2. The lowest BCUT2D eigenvalue weighted by molar-refractivity contribution is -0.121. The number of hydrogen-bond donors (Lipinski definition) is 2. The highest BCUT2D eigenvalue weighted by atomic mass is 19.3. The first-order valence-electron chi connectivity index (χ1n) is 7.07. The van der Waals surface area contributed by atoms with Crippen LogP contribution in [0.15, 0.2) is 40.1 Å². The van der Waals surface area contributed by atoms with Crippen LogP contribution in [0, 0.1) is 0 Å². The summed E-state index contributed by atoms with van der Waals surface area (Å²) in [6, 6.07) is 5.37. The smallest absolute Gasteiger partial charge is 0.387 e. The molecule has 0 saturated heterocycles. The van der Waals surface area contributed by atoms with Gasteiger partial charge < -0.3 is 14.8 Å². The monoisotopic (exact) mass is 355 g/mol. The number of nitrogens with one attached hydrogen (secondary N) is 2. The lowest BCUT2D eigenvalue weighted by Gasteiger charge is -2.12. The Morgan fingerprint density at radius 1 is 1.28 bits per heavy atom. The summed E-state index contributed by atoms with van der Waals surface area (Å²) in [5, 5.41) is 2.57. The van der Waals surface area contributed by atoms with Crippen molar-refractivity contribution < 1.29 is 23.0 Å². The number of aromatic nitrogens is 2. The van der Waals surface area contributed by atoms with Gasteiger partial charge in [0.25, 0.3) is 5.56 Å². The van der Waals surface area contributed by atoms with Gasteiger partial charge in [-0.2, -0.15) is 8.78 Å². The molecule has 2 rings (SSSR count). The van der Waals surface area contributed by atoms with E-state index in [-0.39, 0.29) is 24.6 Å². The lowest BCUT2D eigenvalue weighted by Crippen LogP contribution is -2.35. The summed E-state index contributed by atoms with van der Waals surface area (Å²) in [7, 11) is 1.30. The first-order chi connectivity index (χ1) is 11.9. The van der Waals surface area contributed by atoms with Gasteiger partial charge in [-0.25, -0.2) is 4.79 Å². The Kier molecular flexibility index (Phi) is 5.88. The van der Waals surface area contributed by atoms with Gasteiger partial charge >= 0.3 is 12.3 Å². The highest BCUT2D eigenvalue weighted by Crippen LogP contribution is 2.29. The molecule has 0 aliphatic heterocycles. The third kappa shape index (κ3) is 5.16. The number of halogens is 2. The second-order valence-corrected chi connectivity index (χ2v) is 4.88. The number of hydrogen-bond acceptors (Lipinski definition) is 5. The highest BCUT2D eigenvalue weighted by molar-refractivity contribution is 5.75.